The molecule has 18 heavy (non-hydrogen) atoms. The molecule has 5 nitrogen and oxygen atoms in total. The average molecular weight is 254 g/mol. The molecule has 4 N–H and O–H groups in total. The molecule has 0 heterocycles. The van der Waals surface area contributed by atoms with E-state index in [0.29, 0.717) is 12.3 Å². The number of hydrogen-bond acceptors (Lipinski definition) is 3. The minimum Gasteiger partial charge on any atom is -0.481 e. The highest BCUT2D eigenvalue weighted by molar-refractivity contribution is 5.83. The number of hydrogen-bond donors (Lipinski definition) is 3. The van der Waals surface area contributed by atoms with Crippen molar-refractivity contribution in [3.05, 3.63) is 0 Å². The SMILES string of the molecule is CCC[C@H](N)C(=O)NC1C2CCC(C2)C1C(=O)O. The van der Waals surface area contributed by atoms with E-state index >= 15 is 0 Å². The topological polar surface area (TPSA) is 92.4 Å². The third kappa shape index (κ3) is 2.36. The van der Waals surface area contributed by atoms with Crippen LogP contribution in [-0.4, -0.2) is 29.1 Å². The number of nitrogens with two attached hydrogens (primary N) is 1. The summed E-state index contributed by atoms with van der Waals surface area (Å²) in [4.78, 5) is 23.2. The molecule has 0 aliphatic heterocycles. The number of rotatable bonds is 5. The molecule has 102 valence electrons. The molecule has 1 amide bonds. The minimum atomic E-state index is -0.781. The van der Waals surface area contributed by atoms with E-state index in [1.54, 1.807) is 0 Å². The van der Waals surface area contributed by atoms with Gasteiger partial charge in [0.1, 0.15) is 0 Å². The highest BCUT2D eigenvalue weighted by Gasteiger charge is 2.51. The molecule has 0 spiro atoms. The fourth-order valence-electron chi connectivity index (χ4n) is 3.57. The first kappa shape index (κ1) is 13.3. The Hall–Kier alpha value is -1.10. The van der Waals surface area contributed by atoms with Gasteiger partial charge in [-0.05, 0) is 37.5 Å². The average Bonchev–Trinajstić information content (AvgIpc) is 2.89. The Labute approximate surface area is 107 Å². The summed E-state index contributed by atoms with van der Waals surface area (Å²) in [5.41, 5.74) is 5.77. The summed E-state index contributed by atoms with van der Waals surface area (Å²) in [6, 6.07) is -0.722. The second-order valence-corrected chi connectivity index (χ2v) is 5.63. The van der Waals surface area contributed by atoms with Crippen LogP contribution >= 0.6 is 0 Å². The van der Waals surface area contributed by atoms with E-state index in [1.165, 1.54) is 0 Å². The highest BCUT2D eigenvalue weighted by atomic mass is 16.4. The van der Waals surface area contributed by atoms with Crippen molar-refractivity contribution < 1.29 is 14.7 Å². The van der Waals surface area contributed by atoms with Crippen LogP contribution < -0.4 is 11.1 Å². The molecule has 2 aliphatic rings. The lowest BCUT2D eigenvalue weighted by atomic mass is 9.84. The maximum atomic E-state index is 11.9. The number of carboxylic acid groups (broad SMARTS) is 1. The monoisotopic (exact) mass is 254 g/mol. The molecule has 2 saturated carbocycles. The largest absolute Gasteiger partial charge is 0.481 e. The van der Waals surface area contributed by atoms with Crippen LogP contribution in [0.5, 0.6) is 0 Å². The highest BCUT2D eigenvalue weighted by Crippen LogP contribution is 2.48. The van der Waals surface area contributed by atoms with Gasteiger partial charge in [-0.1, -0.05) is 13.3 Å². The van der Waals surface area contributed by atoms with Gasteiger partial charge in [-0.15, -0.1) is 0 Å². The maximum Gasteiger partial charge on any atom is 0.308 e. The smallest absolute Gasteiger partial charge is 0.308 e. The van der Waals surface area contributed by atoms with Gasteiger partial charge in [0.25, 0.3) is 0 Å². The van der Waals surface area contributed by atoms with E-state index in [0.717, 1.165) is 25.7 Å². The zero-order valence-corrected chi connectivity index (χ0v) is 10.8. The van der Waals surface area contributed by atoms with Crippen molar-refractivity contribution in [2.75, 3.05) is 0 Å². The van der Waals surface area contributed by atoms with Gasteiger partial charge in [0.05, 0.1) is 12.0 Å². The van der Waals surface area contributed by atoms with Gasteiger partial charge in [-0.25, -0.2) is 0 Å². The van der Waals surface area contributed by atoms with Gasteiger partial charge < -0.3 is 16.2 Å². The van der Waals surface area contributed by atoms with Crippen molar-refractivity contribution in [2.45, 2.75) is 51.1 Å². The van der Waals surface area contributed by atoms with Crippen LogP contribution in [0.1, 0.15) is 39.0 Å². The molecule has 0 aromatic carbocycles. The lowest BCUT2D eigenvalue weighted by Gasteiger charge is -2.29. The van der Waals surface area contributed by atoms with Crippen molar-refractivity contribution in [3.8, 4) is 0 Å². The van der Waals surface area contributed by atoms with E-state index in [9.17, 15) is 14.7 Å². The van der Waals surface area contributed by atoms with Crippen molar-refractivity contribution in [1.82, 2.24) is 5.32 Å². The maximum absolute atomic E-state index is 11.9. The van der Waals surface area contributed by atoms with E-state index in [-0.39, 0.29) is 17.9 Å². The number of carboxylic acids is 1. The molecular weight excluding hydrogens is 232 g/mol. The summed E-state index contributed by atoms with van der Waals surface area (Å²) in [7, 11) is 0. The third-order valence-electron chi connectivity index (χ3n) is 4.45. The fraction of sp³-hybridized carbons (Fsp3) is 0.846. The predicted molar refractivity (Wildman–Crippen MR) is 66.8 cm³/mol. The second kappa shape index (κ2) is 5.26. The van der Waals surface area contributed by atoms with Crippen molar-refractivity contribution >= 4 is 11.9 Å². The quantitative estimate of drug-likeness (QED) is 0.674. The van der Waals surface area contributed by atoms with Gasteiger partial charge in [0.2, 0.25) is 5.91 Å². The summed E-state index contributed by atoms with van der Waals surface area (Å²) in [5, 5.41) is 12.2. The third-order valence-corrected chi connectivity index (χ3v) is 4.45. The zero-order valence-electron chi connectivity index (χ0n) is 10.8. The molecular formula is C13H22N2O3. The van der Waals surface area contributed by atoms with Crippen LogP contribution in [0.3, 0.4) is 0 Å². The van der Waals surface area contributed by atoms with Gasteiger partial charge >= 0.3 is 5.97 Å². The Morgan fingerprint density at radius 3 is 2.67 bits per heavy atom. The normalized spacial score (nSPS) is 35.4. The number of amides is 1. The summed E-state index contributed by atoms with van der Waals surface area (Å²) < 4.78 is 0. The van der Waals surface area contributed by atoms with E-state index in [4.69, 9.17) is 5.73 Å². The van der Waals surface area contributed by atoms with Crippen LogP contribution in [0.4, 0.5) is 0 Å². The molecule has 5 heteroatoms. The second-order valence-electron chi connectivity index (χ2n) is 5.63. The lowest BCUT2D eigenvalue weighted by molar-refractivity contribution is -0.144. The molecule has 5 atom stereocenters. The zero-order chi connectivity index (χ0) is 13.3. The number of aliphatic carboxylic acids is 1. The van der Waals surface area contributed by atoms with E-state index < -0.39 is 17.9 Å². The van der Waals surface area contributed by atoms with Crippen molar-refractivity contribution in [2.24, 2.45) is 23.5 Å². The molecule has 2 aliphatic carbocycles. The van der Waals surface area contributed by atoms with Gasteiger partial charge in [0.15, 0.2) is 0 Å². The Kier molecular flexibility index (Phi) is 3.90. The molecule has 4 unspecified atom stereocenters. The van der Waals surface area contributed by atoms with Crippen LogP contribution in [0.15, 0.2) is 0 Å². The molecule has 0 aromatic rings. The molecule has 0 saturated heterocycles. The number of nitrogens with one attached hydrogen (secondary N) is 1. The Morgan fingerprint density at radius 1 is 1.39 bits per heavy atom. The lowest BCUT2D eigenvalue weighted by Crippen LogP contribution is -2.51. The summed E-state index contributed by atoms with van der Waals surface area (Å²) in [5.74, 6) is -0.826. The molecule has 2 bridgehead atoms. The number of fused-ring (bicyclic) bond motifs is 2. The summed E-state index contributed by atoms with van der Waals surface area (Å²) in [6.45, 7) is 1.98. The van der Waals surface area contributed by atoms with Crippen molar-refractivity contribution in [3.63, 3.8) is 0 Å². The van der Waals surface area contributed by atoms with Gasteiger partial charge in [-0.2, -0.15) is 0 Å². The Morgan fingerprint density at radius 2 is 2.06 bits per heavy atom. The Bertz CT molecular complexity index is 345. The number of carbonyl (C=O) groups excluding carboxylic acids is 1. The van der Waals surface area contributed by atoms with E-state index in [1.807, 2.05) is 6.92 Å². The van der Waals surface area contributed by atoms with Gasteiger partial charge in [0, 0.05) is 6.04 Å². The minimum absolute atomic E-state index is 0.194. The fourth-order valence-corrected chi connectivity index (χ4v) is 3.57. The molecule has 2 fully saturated rings. The molecule has 2 rings (SSSR count). The summed E-state index contributed by atoms with van der Waals surface area (Å²) in [6.07, 6.45) is 4.44. The first-order valence-electron chi connectivity index (χ1n) is 6.83. The molecule has 0 aromatic heterocycles. The summed E-state index contributed by atoms with van der Waals surface area (Å²) >= 11 is 0. The standard InChI is InChI=1S/C13H22N2O3/c1-2-3-9(14)12(16)15-11-8-5-4-7(6-8)10(11)13(17)18/h7-11H,2-6,14H2,1H3,(H,15,16)(H,17,18)/t7?,8?,9-,10?,11?/m0/s1. The van der Waals surface area contributed by atoms with Crippen LogP contribution in [0.2, 0.25) is 0 Å². The predicted octanol–water partition coefficient (Wildman–Crippen LogP) is 0.729. The first-order chi connectivity index (χ1) is 8.54. The van der Waals surface area contributed by atoms with Crippen LogP contribution in [-0.2, 0) is 9.59 Å². The Balaban J connectivity index is 1.99. The van der Waals surface area contributed by atoms with Crippen LogP contribution in [0, 0.1) is 17.8 Å². The first-order valence-corrected chi connectivity index (χ1v) is 6.83. The molecule has 0 radical (unpaired) electrons. The van der Waals surface area contributed by atoms with E-state index in [2.05, 4.69) is 5.32 Å². The van der Waals surface area contributed by atoms with Crippen LogP contribution in [0.25, 0.3) is 0 Å². The number of carbonyl (C=O) groups is 2. The van der Waals surface area contributed by atoms with Gasteiger partial charge in [-0.3, -0.25) is 9.59 Å². The van der Waals surface area contributed by atoms with Crippen molar-refractivity contribution in [1.29, 1.82) is 0 Å².